The zero-order chi connectivity index (χ0) is 22.4. The van der Waals surface area contributed by atoms with Gasteiger partial charge in [-0.25, -0.2) is 9.37 Å². The van der Waals surface area contributed by atoms with Crippen molar-refractivity contribution in [1.29, 1.82) is 0 Å². The Bertz CT molecular complexity index is 992. The molecule has 1 unspecified atom stereocenters. The van der Waals surface area contributed by atoms with E-state index in [2.05, 4.69) is 49.3 Å². The van der Waals surface area contributed by atoms with Gasteiger partial charge in [0.05, 0.1) is 12.2 Å². The predicted molar refractivity (Wildman–Crippen MR) is 123 cm³/mol. The van der Waals surface area contributed by atoms with Crippen molar-refractivity contribution in [2.45, 2.75) is 85.5 Å². The molecular formula is C25H35FN4O. The number of hydrogen-bond donors (Lipinski definition) is 0. The summed E-state index contributed by atoms with van der Waals surface area (Å²) in [4.78, 5) is 21.4. The molecule has 31 heavy (non-hydrogen) atoms. The van der Waals surface area contributed by atoms with Crippen LogP contribution in [0.15, 0.2) is 12.1 Å². The fraction of sp³-hybridized carbons (Fsp3) is 0.600. The third-order valence-corrected chi connectivity index (χ3v) is 6.69. The molecule has 1 aromatic carbocycles. The number of anilines is 2. The summed E-state index contributed by atoms with van der Waals surface area (Å²) in [5.74, 6) is 2.68. The number of carbonyl (C=O) groups excluding carboxylic acids is 1. The van der Waals surface area contributed by atoms with E-state index in [1.165, 1.54) is 5.56 Å². The van der Waals surface area contributed by atoms with Crippen LogP contribution < -0.4 is 4.90 Å². The minimum absolute atomic E-state index is 0.0960. The van der Waals surface area contributed by atoms with Gasteiger partial charge < -0.3 is 14.4 Å². The molecule has 1 aromatic heterocycles. The number of amides is 1. The van der Waals surface area contributed by atoms with Crippen molar-refractivity contribution in [3.8, 4) is 0 Å². The monoisotopic (exact) mass is 426 g/mol. The number of carbonyl (C=O) groups is 1. The van der Waals surface area contributed by atoms with Crippen LogP contribution in [0.25, 0.3) is 0 Å². The van der Waals surface area contributed by atoms with E-state index < -0.39 is 6.17 Å². The van der Waals surface area contributed by atoms with E-state index in [9.17, 15) is 9.18 Å². The Morgan fingerprint density at radius 3 is 2.39 bits per heavy atom. The lowest BCUT2D eigenvalue weighted by Gasteiger charge is -2.34. The summed E-state index contributed by atoms with van der Waals surface area (Å²) in [6.45, 7) is 14.8. The number of imidazole rings is 1. The normalized spacial score (nSPS) is 17.2. The lowest BCUT2D eigenvalue weighted by atomic mass is 9.89. The number of halogens is 1. The van der Waals surface area contributed by atoms with Gasteiger partial charge in [-0.05, 0) is 48.4 Å². The summed E-state index contributed by atoms with van der Waals surface area (Å²) in [6.07, 6.45) is 1.02. The van der Waals surface area contributed by atoms with Crippen LogP contribution in [0, 0.1) is 0 Å². The van der Waals surface area contributed by atoms with Gasteiger partial charge in [-0.15, -0.1) is 0 Å². The lowest BCUT2D eigenvalue weighted by molar-refractivity contribution is -0.130. The maximum absolute atomic E-state index is 14.6. The summed E-state index contributed by atoms with van der Waals surface area (Å²) >= 11 is 0. The van der Waals surface area contributed by atoms with Crippen LogP contribution in [0.4, 0.5) is 15.9 Å². The molecular weight excluding hydrogens is 391 g/mol. The number of aryl methyl sites for hydroxylation is 1. The number of hydrogen-bond acceptors (Lipinski definition) is 3. The highest BCUT2D eigenvalue weighted by molar-refractivity contribution is 5.74. The second-order valence-electron chi connectivity index (χ2n) is 9.62. The molecule has 0 saturated carbocycles. The zero-order valence-corrected chi connectivity index (χ0v) is 19.7. The maximum atomic E-state index is 14.6. The second-order valence-corrected chi connectivity index (χ2v) is 9.62. The quantitative estimate of drug-likeness (QED) is 0.638. The summed E-state index contributed by atoms with van der Waals surface area (Å²) in [6, 6.07) is 4.27. The predicted octanol–water partition coefficient (Wildman–Crippen LogP) is 5.61. The van der Waals surface area contributed by atoms with Crippen LogP contribution in [-0.4, -0.2) is 33.4 Å². The Hall–Kier alpha value is -2.37. The third kappa shape index (κ3) is 3.85. The van der Waals surface area contributed by atoms with Crippen molar-refractivity contribution in [3.63, 3.8) is 0 Å². The molecule has 168 valence electrons. The molecule has 1 amide bonds. The van der Waals surface area contributed by atoms with Crippen LogP contribution in [0.5, 0.6) is 0 Å². The Labute approximate surface area is 185 Å². The topological polar surface area (TPSA) is 41.4 Å². The van der Waals surface area contributed by atoms with Crippen molar-refractivity contribution in [1.82, 2.24) is 14.5 Å². The number of nitrogens with zero attached hydrogens (tertiary/aromatic N) is 4. The van der Waals surface area contributed by atoms with Crippen LogP contribution >= 0.6 is 0 Å². The minimum atomic E-state index is -1.01. The van der Waals surface area contributed by atoms with E-state index in [1.807, 2.05) is 4.90 Å². The molecule has 2 aromatic rings. The van der Waals surface area contributed by atoms with Crippen LogP contribution in [-0.2, 0) is 24.3 Å². The average Bonchev–Trinajstić information content (AvgIpc) is 3.11. The summed E-state index contributed by atoms with van der Waals surface area (Å²) < 4.78 is 16.9. The third-order valence-electron chi connectivity index (χ3n) is 6.69. The summed E-state index contributed by atoms with van der Waals surface area (Å²) in [7, 11) is 0. The zero-order valence-electron chi connectivity index (χ0n) is 19.7. The van der Waals surface area contributed by atoms with E-state index in [4.69, 9.17) is 4.98 Å². The number of benzene rings is 1. The molecule has 0 N–H and O–H groups in total. The average molecular weight is 427 g/mol. The molecule has 3 heterocycles. The van der Waals surface area contributed by atoms with Gasteiger partial charge >= 0.3 is 0 Å². The van der Waals surface area contributed by atoms with Gasteiger partial charge in [0.2, 0.25) is 5.91 Å². The van der Waals surface area contributed by atoms with E-state index in [1.54, 1.807) is 13.8 Å². The number of alkyl halides is 1. The number of aromatic nitrogens is 2. The first-order chi connectivity index (χ1) is 14.7. The van der Waals surface area contributed by atoms with E-state index in [0.29, 0.717) is 12.5 Å². The Morgan fingerprint density at radius 1 is 1.03 bits per heavy atom. The fourth-order valence-corrected chi connectivity index (χ4v) is 5.04. The van der Waals surface area contributed by atoms with Crippen molar-refractivity contribution in [2.75, 3.05) is 18.0 Å². The van der Waals surface area contributed by atoms with Crippen molar-refractivity contribution in [3.05, 3.63) is 40.3 Å². The van der Waals surface area contributed by atoms with Crippen LogP contribution in [0.1, 0.15) is 94.2 Å². The molecule has 0 saturated heterocycles. The van der Waals surface area contributed by atoms with E-state index in [-0.39, 0.29) is 11.8 Å². The number of fused-ring (bicyclic) bond motifs is 2. The minimum Gasteiger partial charge on any atom is -0.335 e. The molecule has 2 aliphatic rings. The molecule has 0 aliphatic carbocycles. The van der Waals surface area contributed by atoms with Crippen LogP contribution in [0.2, 0.25) is 0 Å². The summed E-state index contributed by atoms with van der Waals surface area (Å²) in [5.41, 5.74) is 5.33. The Balaban J connectivity index is 1.86. The highest BCUT2D eigenvalue weighted by atomic mass is 19.1. The molecule has 2 aliphatic heterocycles. The molecule has 4 rings (SSSR count). The molecule has 6 heteroatoms. The molecule has 0 spiro atoms. The van der Waals surface area contributed by atoms with E-state index in [0.717, 1.165) is 66.6 Å². The van der Waals surface area contributed by atoms with Gasteiger partial charge in [-0.3, -0.25) is 4.79 Å². The lowest BCUT2D eigenvalue weighted by Crippen LogP contribution is -2.38. The van der Waals surface area contributed by atoms with Gasteiger partial charge in [-0.2, -0.15) is 0 Å². The fourth-order valence-electron chi connectivity index (χ4n) is 5.04. The highest BCUT2D eigenvalue weighted by Crippen LogP contribution is 2.41. The van der Waals surface area contributed by atoms with Gasteiger partial charge in [0.25, 0.3) is 0 Å². The first kappa shape index (κ1) is 21.8. The molecule has 0 bridgehead atoms. The first-order valence-electron chi connectivity index (χ1n) is 11.6. The molecule has 0 radical (unpaired) electrons. The number of rotatable bonds is 4. The van der Waals surface area contributed by atoms with Gasteiger partial charge in [-0.1, -0.05) is 33.8 Å². The van der Waals surface area contributed by atoms with Gasteiger partial charge in [0.1, 0.15) is 12.0 Å². The smallest absolute Gasteiger partial charge is 0.219 e. The van der Waals surface area contributed by atoms with Crippen molar-refractivity contribution < 1.29 is 9.18 Å². The molecule has 5 nitrogen and oxygen atoms in total. The van der Waals surface area contributed by atoms with Crippen LogP contribution in [0.3, 0.4) is 0 Å². The van der Waals surface area contributed by atoms with Gasteiger partial charge in [0, 0.05) is 38.2 Å². The largest absolute Gasteiger partial charge is 0.335 e. The van der Waals surface area contributed by atoms with Crippen molar-refractivity contribution >= 4 is 17.4 Å². The molecule has 1 atom stereocenters. The maximum Gasteiger partial charge on any atom is 0.219 e. The van der Waals surface area contributed by atoms with Gasteiger partial charge in [0.15, 0.2) is 5.82 Å². The molecule has 0 fully saturated rings. The van der Waals surface area contributed by atoms with E-state index >= 15 is 0 Å². The summed E-state index contributed by atoms with van der Waals surface area (Å²) in [5, 5.41) is 0. The highest BCUT2D eigenvalue weighted by Gasteiger charge is 2.32. The Morgan fingerprint density at radius 2 is 1.77 bits per heavy atom. The second kappa shape index (κ2) is 8.29. The van der Waals surface area contributed by atoms with Crippen molar-refractivity contribution in [2.24, 2.45) is 0 Å². The standard InChI is InChI=1S/C25H35FN4O/c1-15(2)20-12-19-8-7-9-29(22(19)13-21(20)17(5)26)25-23-14-28(18(6)31)10-11-30(23)24(27-25)16(3)4/h12-13,15-17H,7-11,14H2,1-6H3. The first-order valence-corrected chi connectivity index (χ1v) is 11.6. The Kier molecular flexibility index (Phi) is 5.84. The SMILES string of the molecule is CC(=O)N1CCn2c(C(C)C)nc(N3CCCc4cc(C(C)C)c(C(C)F)cc43)c2C1.